The van der Waals surface area contributed by atoms with Crippen molar-refractivity contribution < 1.29 is 13.2 Å². The van der Waals surface area contributed by atoms with Gasteiger partial charge in [0, 0.05) is 19.1 Å². The van der Waals surface area contributed by atoms with Crippen LogP contribution in [0.15, 0.2) is 30.3 Å². The lowest BCUT2D eigenvalue weighted by molar-refractivity contribution is -0.140. The van der Waals surface area contributed by atoms with Crippen molar-refractivity contribution in [3.05, 3.63) is 35.9 Å². The Morgan fingerprint density at radius 3 is 2.37 bits per heavy atom. The van der Waals surface area contributed by atoms with E-state index >= 15 is 0 Å². The second-order valence-electron chi connectivity index (χ2n) is 4.63. The zero-order valence-corrected chi connectivity index (χ0v) is 11.4. The zero-order valence-electron chi connectivity index (χ0n) is 11.4. The van der Waals surface area contributed by atoms with E-state index in [2.05, 4.69) is 10.2 Å². The molecular formula is C14H21F3N2. The van der Waals surface area contributed by atoms with Crippen LogP contribution in [0.1, 0.15) is 24.9 Å². The fraction of sp³-hybridized carbons (Fsp3) is 0.571. The van der Waals surface area contributed by atoms with Crippen molar-refractivity contribution in [3.63, 3.8) is 0 Å². The number of nitrogens with one attached hydrogen (secondary N) is 1. The number of rotatable bonds is 7. The summed E-state index contributed by atoms with van der Waals surface area (Å²) >= 11 is 0. The molecule has 0 amide bonds. The van der Waals surface area contributed by atoms with Crippen molar-refractivity contribution in [2.24, 2.45) is 0 Å². The number of likely N-dealkylation sites (N-methyl/N-ethyl adjacent to an activating group) is 1. The van der Waals surface area contributed by atoms with Crippen LogP contribution in [0.25, 0.3) is 0 Å². The Labute approximate surface area is 112 Å². The summed E-state index contributed by atoms with van der Waals surface area (Å²) in [5, 5.41) is 3.00. The maximum Gasteiger partial charge on any atom is 0.390 e. The van der Waals surface area contributed by atoms with Gasteiger partial charge in [0.25, 0.3) is 0 Å². The molecule has 2 nitrogen and oxygen atoms in total. The Morgan fingerprint density at radius 2 is 1.84 bits per heavy atom. The Morgan fingerprint density at radius 1 is 1.21 bits per heavy atom. The normalized spacial score (nSPS) is 13.8. The molecule has 1 unspecified atom stereocenters. The molecule has 19 heavy (non-hydrogen) atoms. The first-order valence-electron chi connectivity index (χ1n) is 6.46. The SMILES string of the molecule is CCN(C)CCNC(CC(F)(F)F)c1ccccc1. The van der Waals surface area contributed by atoms with Gasteiger partial charge in [0.1, 0.15) is 0 Å². The molecule has 0 fully saturated rings. The molecule has 1 aromatic carbocycles. The Hall–Kier alpha value is -1.07. The van der Waals surface area contributed by atoms with Gasteiger partial charge >= 0.3 is 6.18 Å². The van der Waals surface area contributed by atoms with Gasteiger partial charge in [-0.2, -0.15) is 13.2 Å². The van der Waals surface area contributed by atoms with Crippen LogP contribution in [0, 0.1) is 0 Å². The molecule has 1 atom stereocenters. The van der Waals surface area contributed by atoms with Gasteiger partial charge < -0.3 is 10.2 Å². The van der Waals surface area contributed by atoms with Gasteiger partial charge in [0.15, 0.2) is 0 Å². The highest BCUT2D eigenvalue weighted by Crippen LogP contribution is 2.29. The lowest BCUT2D eigenvalue weighted by Crippen LogP contribution is -2.33. The summed E-state index contributed by atoms with van der Waals surface area (Å²) in [7, 11) is 1.95. The minimum Gasteiger partial charge on any atom is -0.308 e. The number of halogens is 3. The summed E-state index contributed by atoms with van der Waals surface area (Å²) in [5.74, 6) is 0. The smallest absolute Gasteiger partial charge is 0.308 e. The number of hydrogen-bond acceptors (Lipinski definition) is 2. The summed E-state index contributed by atoms with van der Waals surface area (Å²) in [6.45, 7) is 4.18. The second kappa shape index (κ2) is 7.50. The Bertz CT molecular complexity index is 351. The van der Waals surface area contributed by atoms with Gasteiger partial charge in [0.2, 0.25) is 0 Å². The van der Waals surface area contributed by atoms with Crippen LogP contribution < -0.4 is 5.32 Å². The average Bonchev–Trinajstić information content (AvgIpc) is 2.37. The average molecular weight is 274 g/mol. The molecule has 0 saturated heterocycles. The first kappa shape index (κ1) is 16.0. The van der Waals surface area contributed by atoms with Gasteiger partial charge in [0.05, 0.1) is 6.42 Å². The van der Waals surface area contributed by atoms with E-state index in [4.69, 9.17) is 0 Å². The lowest BCUT2D eigenvalue weighted by atomic mass is 10.0. The van der Waals surface area contributed by atoms with E-state index < -0.39 is 18.6 Å². The summed E-state index contributed by atoms with van der Waals surface area (Å²) in [5.41, 5.74) is 0.680. The molecule has 0 aliphatic rings. The molecule has 0 aromatic heterocycles. The van der Waals surface area contributed by atoms with Crippen molar-refractivity contribution >= 4 is 0 Å². The molecule has 0 aliphatic carbocycles. The molecule has 0 heterocycles. The van der Waals surface area contributed by atoms with Crippen LogP contribution in [0.2, 0.25) is 0 Å². The van der Waals surface area contributed by atoms with E-state index in [1.807, 2.05) is 14.0 Å². The van der Waals surface area contributed by atoms with Crippen molar-refractivity contribution in [2.75, 3.05) is 26.7 Å². The molecule has 1 N–H and O–H groups in total. The first-order valence-corrected chi connectivity index (χ1v) is 6.46. The van der Waals surface area contributed by atoms with Gasteiger partial charge in [-0.15, -0.1) is 0 Å². The van der Waals surface area contributed by atoms with Gasteiger partial charge in [-0.25, -0.2) is 0 Å². The maximum absolute atomic E-state index is 12.6. The fourth-order valence-electron chi connectivity index (χ4n) is 1.81. The van der Waals surface area contributed by atoms with Crippen LogP contribution in [0.3, 0.4) is 0 Å². The van der Waals surface area contributed by atoms with E-state index in [9.17, 15) is 13.2 Å². The highest BCUT2D eigenvalue weighted by molar-refractivity contribution is 5.19. The number of nitrogens with zero attached hydrogens (tertiary/aromatic N) is 1. The molecule has 108 valence electrons. The molecular weight excluding hydrogens is 253 g/mol. The van der Waals surface area contributed by atoms with Crippen molar-refractivity contribution in [1.29, 1.82) is 0 Å². The van der Waals surface area contributed by atoms with Gasteiger partial charge in [-0.05, 0) is 19.2 Å². The quantitative estimate of drug-likeness (QED) is 0.821. The summed E-state index contributed by atoms with van der Waals surface area (Å²) in [6, 6.07) is 8.11. The largest absolute Gasteiger partial charge is 0.390 e. The second-order valence-corrected chi connectivity index (χ2v) is 4.63. The molecule has 0 radical (unpaired) electrons. The standard InChI is InChI=1S/C14H21F3N2/c1-3-19(2)10-9-18-13(11-14(15,16)17)12-7-5-4-6-8-12/h4-8,13,18H,3,9-11H2,1-2H3. The zero-order chi connectivity index (χ0) is 14.3. The molecule has 0 saturated carbocycles. The third-order valence-electron chi connectivity index (χ3n) is 3.06. The predicted molar refractivity (Wildman–Crippen MR) is 71.0 cm³/mol. The highest BCUT2D eigenvalue weighted by Gasteiger charge is 2.32. The minimum atomic E-state index is -4.16. The highest BCUT2D eigenvalue weighted by atomic mass is 19.4. The van der Waals surface area contributed by atoms with Crippen LogP contribution >= 0.6 is 0 Å². The fourth-order valence-corrected chi connectivity index (χ4v) is 1.81. The minimum absolute atomic E-state index is 0.542. The monoisotopic (exact) mass is 274 g/mol. The number of benzene rings is 1. The topological polar surface area (TPSA) is 15.3 Å². The van der Waals surface area contributed by atoms with E-state index in [0.29, 0.717) is 12.1 Å². The third-order valence-corrected chi connectivity index (χ3v) is 3.06. The van der Waals surface area contributed by atoms with Crippen LogP contribution in [-0.2, 0) is 0 Å². The Balaban J connectivity index is 2.60. The van der Waals surface area contributed by atoms with Crippen molar-refractivity contribution in [1.82, 2.24) is 10.2 Å². The Kier molecular flexibility index (Phi) is 6.31. The van der Waals surface area contributed by atoms with E-state index in [0.717, 1.165) is 13.1 Å². The van der Waals surface area contributed by atoms with Crippen LogP contribution in [-0.4, -0.2) is 37.8 Å². The van der Waals surface area contributed by atoms with Crippen LogP contribution in [0.5, 0.6) is 0 Å². The summed E-state index contributed by atoms with van der Waals surface area (Å²) in [6.07, 6.45) is -5.00. The lowest BCUT2D eigenvalue weighted by Gasteiger charge is -2.22. The molecule has 0 aliphatic heterocycles. The molecule has 0 bridgehead atoms. The van der Waals surface area contributed by atoms with Crippen molar-refractivity contribution in [3.8, 4) is 0 Å². The van der Waals surface area contributed by atoms with E-state index in [-0.39, 0.29) is 0 Å². The first-order chi connectivity index (χ1) is 8.92. The molecule has 5 heteroatoms. The van der Waals surface area contributed by atoms with Gasteiger partial charge in [-0.1, -0.05) is 37.3 Å². The van der Waals surface area contributed by atoms with E-state index in [1.165, 1.54) is 0 Å². The van der Waals surface area contributed by atoms with Crippen molar-refractivity contribution in [2.45, 2.75) is 25.6 Å². The summed E-state index contributed by atoms with van der Waals surface area (Å²) in [4.78, 5) is 2.06. The molecule has 1 rings (SSSR count). The van der Waals surface area contributed by atoms with Crippen LogP contribution in [0.4, 0.5) is 13.2 Å². The van der Waals surface area contributed by atoms with E-state index in [1.54, 1.807) is 30.3 Å². The summed E-state index contributed by atoms with van der Waals surface area (Å²) < 4.78 is 37.8. The third kappa shape index (κ3) is 6.59. The predicted octanol–water partition coefficient (Wildman–Crippen LogP) is 3.22. The maximum atomic E-state index is 12.6. The number of hydrogen-bond donors (Lipinski definition) is 1. The molecule has 1 aromatic rings. The number of alkyl halides is 3. The molecule has 0 spiro atoms. The van der Waals surface area contributed by atoms with Gasteiger partial charge in [-0.3, -0.25) is 0 Å².